The number of thiazole rings is 1. The van der Waals surface area contributed by atoms with Gasteiger partial charge in [-0.2, -0.15) is 5.10 Å². The summed E-state index contributed by atoms with van der Waals surface area (Å²) in [5, 5.41) is 13.7. The highest BCUT2D eigenvalue weighted by Gasteiger charge is 2.20. The van der Waals surface area contributed by atoms with Crippen LogP contribution in [0.4, 0.5) is 0 Å². The van der Waals surface area contributed by atoms with Gasteiger partial charge in [0.15, 0.2) is 4.96 Å². The minimum atomic E-state index is -0.907. The molecule has 0 radical (unpaired) electrons. The normalized spacial score (nSPS) is 11.4. The molecule has 3 aromatic rings. The first-order valence-electron chi connectivity index (χ1n) is 6.70. The zero-order valence-corrected chi connectivity index (χ0v) is 13.2. The van der Waals surface area contributed by atoms with E-state index in [1.54, 1.807) is 6.92 Å². The molecule has 0 unspecified atom stereocenters. The number of aromatic carboxylic acids is 1. The minimum Gasteiger partial charge on any atom is -0.477 e. The van der Waals surface area contributed by atoms with Gasteiger partial charge < -0.3 is 5.11 Å². The van der Waals surface area contributed by atoms with Crippen molar-refractivity contribution in [1.82, 2.24) is 19.2 Å². The van der Waals surface area contributed by atoms with Crippen LogP contribution in [0.15, 0.2) is 6.20 Å². The maximum Gasteiger partial charge on any atom is 0.347 e. The molecule has 0 saturated heterocycles. The second-order valence-electron chi connectivity index (χ2n) is 4.96. The van der Waals surface area contributed by atoms with Crippen LogP contribution in [-0.2, 0) is 6.54 Å². The number of aryl methyl sites for hydroxylation is 3. The maximum absolute atomic E-state index is 11.2. The number of aromatic nitrogens is 4. The number of rotatable bonds is 3. The highest BCUT2D eigenvalue weighted by atomic mass is 32.1. The third-order valence-corrected chi connectivity index (χ3v) is 4.83. The van der Waals surface area contributed by atoms with E-state index in [9.17, 15) is 4.79 Å². The lowest BCUT2D eigenvalue weighted by atomic mass is 10.1. The summed E-state index contributed by atoms with van der Waals surface area (Å²) in [5.41, 5.74) is 4.60. The topological polar surface area (TPSA) is 72.4 Å². The van der Waals surface area contributed by atoms with E-state index in [0.717, 1.165) is 29.2 Å². The predicted molar refractivity (Wildman–Crippen MR) is 81.1 cm³/mol. The molecular formula is C14H16N4O2S. The Morgan fingerprint density at radius 2 is 2.05 bits per heavy atom. The van der Waals surface area contributed by atoms with Gasteiger partial charge in [0, 0.05) is 29.7 Å². The first-order chi connectivity index (χ1) is 9.93. The lowest BCUT2D eigenvalue weighted by Gasteiger charge is -1.99. The van der Waals surface area contributed by atoms with Gasteiger partial charge in [0.05, 0.1) is 11.4 Å². The fourth-order valence-electron chi connectivity index (χ4n) is 2.64. The number of fused-ring (bicyclic) bond motifs is 1. The molecular weight excluding hydrogens is 288 g/mol. The molecule has 6 nitrogen and oxygen atoms in total. The summed E-state index contributed by atoms with van der Waals surface area (Å²) >= 11 is 1.20. The fourth-order valence-corrected chi connectivity index (χ4v) is 3.59. The second kappa shape index (κ2) is 4.70. The van der Waals surface area contributed by atoms with Gasteiger partial charge >= 0.3 is 5.97 Å². The minimum absolute atomic E-state index is 0.335. The van der Waals surface area contributed by atoms with Gasteiger partial charge in [-0.1, -0.05) is 11.3 Å². The van der Waals surface area contributed by atoms with Gasteiger partial charge in [-0.25, -0.2) is 9.78 Å². The average molecular weight is 304 g/mol. The van der Waals surface area contributed by atoms with Crippen molar-refractivity contribution in [3.63, 3.8) is 0 Å². The summed E-state index contributed by atoms with van der Waals surface area (Å²) < 4.78 is 3.79. The van der Waals surface area contributed by atoms with E-state index >= 15 is 0 Å². The Morgan fingerprint density at radius 1 is 1.33 bits per heavy atom. The molecule has 3 aromatic heterocycles. The third-order valence-electron chi connectivity index (χ3n) is 3.69. The average Bonchev–Trinajstić information content (AvgIpc) is 3.03. The number of hydrogen-bond acceptors (Lipinski definition) is 4. The van der Waals surface area contributed by atoms with Gasteiger partial charge in [0.2, 0.25) is 0 Å². The number of nitrogens with zero attached hydrogens (tertiary/aromatic N) is 4. The molecule has 0 aliphatic heterocycles. The van der Waals surface area contributed by atoms with Crippen LogP contribution >= 0.6 is 11.3 Å². The van der Waals surface area contributed by atoms with Crippen LogP contribution in [0.5, 0.6) is 0 Å². The number of carbonyl (C=O) groups is 1. The first kappa shape index (κ1) is 13.8. The molecule has 0 spiro atoms. The summed E-state index contributed by atoms with van der Waals surface area (Å²) in [6.07, 6.45) is 1.89. The third kappa shape index (κ3) is 1.96. The molecule has 3 rings (SSSR count). The zero-order valence-electron chi connectivity index (χ0n) is 12.3. The Hall–Kier alpha value is -2.15. The highest BCUT2D eigenvalue weighted by Crippen LogP contribution is 2.30. The Bertz CT molecular complexity index is 856. The predicted octanol–water partition coefficient (Wildman–Crippen LogP) is 2.90. The number of carboxylic acid groups (broad SMARTS) is 1. The number of imidazole rings is 1. The van der Waals surface area contributed by atoms with E-state index in [2.05, 4.69) is 17.0 Å². The molecule has 3 heterocycles. The van der Waals surface area contributed by atoms with Gasteiger partial charge in [0.1, 0.15) is 4.88 Å². The molecule has 110 valence electrons. The van der Waals surface area contributed by atoms with Crippen LogP contribution in [0.25, 0.3) is 16.2 Å². The maximum atomic E-state index is 11.2. The molecule has 21 heavy (non-hydrogen) atoms. The van der Waals surface area contributed by atoms with Gasteiger partial charge in [-0.05, 0) is 27.7 Å². The Balaban J connectivity index is 2.19. The SMILES string of the molecule is CCn1nc(C)c(-c2cn3c(C)c(C(=O)O)sc3n2)c1C. The van der Waals surface area contributed by atoms with Crippen LogP contribution in [0.3, 0.4) is 0 Å². The van der Waals surface area contributed by atoms with Crippen molar-refractivity contribution >= 4 is 22.3 Å². The molecule has 0 aliphatic carbocycles. The van der Waals surface area contributed by atoms with Crippen molar-refractivity contribution in [3.05, 3.63) is 28.2 Å². The molecule has 7 heteroatoms. The standard InChI is InChI=1S/C14H16N4O2S/c1-5-18-8(3)11(7(2)16-18)10-6-17-9(4)12(13(19)20)21-14(17)15-10/h6H,5H2,1-4H3,(H,19,20). The van der Waals surface area contributed by atoms with E-state index < -0.39 is 5.97 Å². The van der Waals surface area contributed by atoms with Crippen molar-refractivity contribution in [2.75, 3.05) is 0 Å². The van der Waals surface area contributed by atoms with E-state index in [1.807, 2.05) is 29.1 Å². The highest BCUT2D eigenvalue weighted by molar-refractivity contribution is 7.19. The molecule has 0 aromatic carbocycles. The van der Waals surface area contributed by atoms with Crippen molar-refractivity contribution in [2.24, 2.45) is 0 Å². The van der Waals surface area contributed by atoms with Crippen molar-refractivity contribution < 1.29 is 9.90 Å². The summed E-state index contributed by atoms with van der Waals surface area (Å²) in [4.78, 5) is 16.8. The molecule has 0 aliphatic rings. The van der Waals surface area contributed by atoms with E-state index in [0.29, 0.717) is 15.5 Å². The van der Waals surface area contributed by atoms with Gasteiger partial charge in [0.25, 0.3) is 0 Å². The summed E-state index contributed by atoms with van der Waals surface area (Å²) in [5.74, 6) is -0.907. The van der Waals surface area contributed by atoms with E-state index in [-0.39, 0.29) is 0 Å². The van der Waals surface area contributed by atoms with Crippen molar-refractivity contribution in [1.29, 1.82) is 0 Å². The Kier molecular flexibility index (Phi) is 3.09. The van der Waals surface area contributed by atoms with Crippen molar-refractivity contribution in [2.45, 2.75) is 34.2 Å². The summed E-state index contributed by atoms with van der Waals surface area (Å²) in [7, 11) is 0. The lowest BCUT2D eigenvalue weighted by molar-refractivity contribution is 0.0701. The van der Waals surface area contributed by atoms with E-state index in [1.165, 1.54) is 11.3 Å². The van der Waals surface area contributed by atoms with Crippen molar-refractivity contribution in [3.8, 4) is 11.3 Å². The van der Waals surface area contributed by atoms with Gasteiger partial charge in [-0.15, -0.1) is 0 Å². The molecule has 0 bridgehead atoms. The molecule has 0 fully saturated rings. The monoisotopic (exact) mass is 304 g/mol. The smallest absolute Gasteiger partial charge is 0.347 e. The molecule has 0 saturated carbocycles. The molecule has 1 N–H and O–H groups in total. The number of hydrogen-bond donors (Lipinski definition) is 1. The quantitative estimate of drug-likeness (QED) is 0.807. The lowest BCUT2D eigenvalue weighted by Crippen LogP contribution is -1.98. The summed E-state index contributed by atoms with van der Waals surface area (Å²) in [6, 6.07) is 0. The Labute approximate surface area is 125 Å². The van der Waals surface area contributed by atoms with Crippen LogP contribution in [0, 0.1) is 20.8 Å². The molecule has 0 amide bonds. The van der Waals surface area contributed by atoms with Gasteiger partial charge in [-0.3, -0.25) is 9.08 Å². The zero-order chi connectivity index (χ0) is 15.3. The number of carboxylic acids is 1. The fraction of sp³-hybridized carbons (Fsp3) is 0.357. The van der Waals surface area contributed by atoms with E-state index in [4.69, 9.17) is 5.11 Å². The van der Waals surface area contributed by atoms with Crippen LogP contribution < -0.4 is 0 Å². The Morgan fingerprint density at radius 3 is 2.57 bits per heavy atom. The second-order valence-corrected chi connectivity index (χ2v) is 5.94. The largest absolute Gasteiger partial charge is 0.477 e. The van der Waals surface area contributed by atoms with Crippen LogP contribution in [0.2, 0.25) is 0 Å². The summed E-state index contributed by atoms with van der Waals surface area (Å²) in [6.45, 7) is 8.67. The van der Waals surface area contributed by atoms with Crippen LogP contribution in [-0.4, -0.2) is 30.2 Å². The first-order valence-corrected chi connectivity index (χ1v) is 7.51. The molecule has 0 atom stereocenters. The van der Waals surface area contributed by atoms with Crippen LogP contribution in [0.1, 0.15) is 33.7 Å².